The maximum Gasteiger partial charge on any atom is 0.404 e. The van der Waals surface area contributed by atoms with Crippen molar-refractivity contribution in [2.75, 3.05) is 6.61 Å². The first-order chi connectivity index (χ1) is 5.13. The summed E-state index contributed by atoms with van der Waals surface area (Å²) in [5.41, 5.74) is 10.3. The number of unbranched alkanes of at least 4 members (excludes halogenated alkanes) is 1. The first-order valence-electron chi connectivity index (χ1n) is 3.80. The molecule has 0 spiro atoms. The Morgan fingerprint density at radius 2 is 2.18 bits per heavy atom. The molecule has 11 heavy (non-hydrogen) atoms. The van der Waals surface area contributed by atoms with Gasteiger partial charge < -0.3 is 16.2 Å². The van der Waals surface area contributed by atoms with Gasteiger partial charge in [-0.1, -0.05) is 0 Å². The van der Waals surface area contributed by atoms with Crippen molar-refractivity contribution in [1.82, 2.24) is 0 Å². The topological polar surface area (TPSA) is 78.3 Å². The minimum Gasteiger partial charge on any atom is -0.450 e. The van der Waals surface area contributed by atoms with Crippen LogP contribution in [0.25, 0.3) is 0 Å². The Hall–Kier alpha value is -0.770. The Balaban J connectivity index is 2.97. The van der Waals surface area contributed by atoms with E-state index < -0.39 is 6.09 Å². The van der Waals surface area contributed by atoms with Crippen LogP contribution < -0.4 is 11.5 Å². The van der Waals surface area contributed by atoms with Gasteiger partial charge in [-0.25, -0.2) is 4.79 Å². The molecule has 0 aromatic heterocycles. The molecule has 1 amide bonds. The molecule has 0 bridgehead atoms. The minimum absolute atomic E-state index is 0.226. The van der Waals surface area contributed by atoms with E-state index in [9.17, 15) is 4.79 Å². The van der Waals surface area contributed by atoms with E-state index in [0.717, 1.165) is 19.3 Å². The molecule has 0 aromatic carbocycles. The molecule has 4 nitrogen and oxygen atoms in total. The van der Waals surface area contributed by atoms with Crippen molar-refractivity contribution in [2.45, 2.75) is 32.2 Å². The highest BCUT2D eigenvalue weighted by Crippen LogP contribution is 1.98. The molecule has 0 aromatic rings. The highest BCUT2D eigenvalue weighted by atomic mass is 16.5. The highest BCUT2D eigenvalue weighted by Gasteiger charge is 1.95. The Bertz CT molecular complexity index is 115. The molecule has 66 valence electrons. The summed E-state index contributed by atoms with van der Waals surface area (Å²) in [4.78, 5) is 10.1. The predicted octanol–water partition coefficient (Wildman–Crippen LogP) is 0.599. The third-order valence-corrected chi connectivity index (χ3v) is 1.30. The summed E-state index contributed by atoms with van der Waals surface area (Å²) >= 11 is 0. The fourth-order valence-electron chi connectivity index (χ4n) is 0.741. The fraction of sp³-hybridized carbons (Fsp3) is 0.857. The van der Waals surface area contributed by atoms with Gasteiger partial charge in [0.1, 0.15) is 0 Å². The summed E-state index contributed by atoms with van der Waals surface area (Å²) in [5.74, 6) is 0. The average Bonchev–Trinajstić information content (AvgIpc) is 1.85. The number of ether oxygens (including phenoxy) is 1. The first-order valence-corrected chi connectivity index (χ1v) is 3.80. The number of rotatable bonds is 5. The number of amides is 1. The molecule has 0 unspecified atom stereocenters. The van der Waals surface area contributed by atoms with Gasteiger partial charge in [-0.15, -0.1) is 0 Å². The van der Waals surface area contributed by atoms with E-state index in [1.807, 2.05) is 6.92 Å². The Morgan fingerprint density at radius 1 is 1.55 bits per heavy atom. The zero-order chi connectivity index (χ0) is 8.69. The number of carbonyl (C=O) groups is 1. The van der Waals surface area contributed by atoms with Crippen molar-refractivity contribution in [3.05, 3.63) is 0 Å². The van der Waals surface area contributed by atoms with Gasteiger partial charge in [0.25, 0.3) is 0 Å². The van der Waals surface area contributed by atoms with E-state index in [0.29, 0.717) is 6.61 Å². The maximum atomic E-state index is 10.1. The van der Waals surface area contributed by atoms with Gasteiger partial charge in [-0.05, 0) is 26.2 Å². The second-order valence-corrected chi connectivity index (χ2v) is 2.64. The molecule has 1 atom stereocenters. The summed E-state index contributed by atoms with van der Waals surface area (Å²) in [6.45, 7) is 2.36. The molecule has 0 saturated heterocycles. The van der Waals surface area contributed by atoms with E-state index >= 15 is 0 Å². The lowest BCUT2D eigenvalue weighted by Crippen LogP contribution is -2.16. The quantitative estimate of drug-likeness (QED) is 0.578. The van der Waals surface area contributed by atoms with Crippen LogP contribution >= 0.6 is 0 Å². The molecule has 4 heteroatoms. The summed E-state index contributed by atoms with van der Waals surface area (Å²) in [5, 5.41) is 0. The molecule has 0 aliphatic rings. The molecule has 0 aliphatic carbocycles. The number of primary amides is 1. The molecule has 0 heterocycles. The highest BCUT2D eigenvalue weighted by molar-refractivity contribution is 5.64. The van der Waals surface area contributed by atoms with Crippen molar-refractivity contribution in [3.8, 4) is 0 Å². The fourth-order valence-corrected chi connectivity index (χ4v) is 0.741. The van der Waals surface area contributed by atoms with Crippen LogP contribution in [0.1, 0.15) is 26.2 Å². The van der Waals surface area contributed by atoms with Crippen LogP contribution in [0.3, 0.4) is 0 Å². The smallest absolute Gasteiger partial charge is 0.404 e. The van der Waals surface area contributed by atoms with Crippen molar-refractivity contribution < 1.29 is 9.53 Å². The van der Waals surface area contributed by atoms with Crippen LogP contribution in [0.4, 0.5) is 4.79 Å². The van der Waals surface area contributed by atoms with Gasteiger partial charge in [0, 0.05) is 6.04 Å². The molecule has 0 fully saturated rings. The van der Waals surface area contributed by atoms with Gasteiger partial charge in [-0.3, -0.25) is 0 Å². The second-order valence-electron chi connectivity index (χ2n) is 2.64. The molecule has 4 N–H and O–H groups in total. The van der Waals surface area contributed by atoms with Crippen molar-refractivity contribution >= 4 is 6.09 Å². The third kappa shape index (κ3) is 9.23. The molecular formula is C7H16N2O2. The third-order valence-electron chi connectivity index (χ3n) is 1.30. The maximum absolute atomic E-state index is 10.1. The van der Waals surface area contributed by atoms with E-state index in [1.54, 1.807) is 0 Å². The van der Waals surface area contributed by atoms with Crippen molar-refractivity contribution in [3.63, 3.8) is 0 Å². The van der Waals surface area contributed by atoms with Crippen molar-refractivity contribution in [2.24, 2.45) is 11.5 Å². The number of carbonyl (C=O) groups excluding carboxylic acids is 1. The average molecular weight is 160 g/mol. The Labute approximate surface area is 66.9 Å². The monoisotopic (exact) mass is 160 g/mol. The second kappa shape index (κ2) is 5.97. The zero-order valence-corrected chi connectivity index (χ0v) is 6.88. The number of hydrogen-bond acceptors (Lipinski definition) is 3. The molecule has 0 aliphatic heterocycles. The largest absolute Gasteiger partial charge is 0.450 e. The van der Waals surface area contributed by atoms with Crippen LogP contribution in [-0.4, -0.2) is 18.7 Å². The van der Waals surface area contributed by atoms with Crippen LogP contribution in [0.15, 0.2) is 0 Å². The van der Waals surface area contributed by atoms with E-state index in [-0.39, 0.29) is 6.04 Å². The lowest BCUT2D eigenvalue weighted by molar-refractivity contribution is 0.154. The van der Waals surface area contributed by atoms with Gasteiger partial charge >= 0.3 is 6.09 Å². The minimum atomic E-state index is -0.703. The van der Waals surface area contributed by atoms with Crippen LogP contribution in [0.2, 0.25) is 0 Å². The van der Waals surface area contributed by atoms with E-state index in [4.69, 9.17) is 11.5 Å². The predicted molar refractivity (Wildman–Crippen MR) is 43.0 cm³/mol. The first kappa shape index (κ1) is 10.2. The van der Waals surface area contributed by atoms with Crippen LogP contribution in [0, 0.1) is 0 Å². The van der Waals surface area contributed by atoms with Crippen LogP contribution in [0.5, 0.6) is 0 Å². The molecule has 0 rings (SSSR count). The standard InChI is InChI=1S/C7H16N2O2/c1-6(8)4-2-3-5-11-7(9)10/h6H,2-5,8H2,1H3,(H2,9,10)/t6-/m1/s1. The molecule has 0 saturated carbocycles. The Morgan fingerprint density at radius 3 is 2.64 bits per heavy atom. The lowest BCUT2D eigenvalue weighted by atomic mass is 10.1. The molecule has 0 radical (unpaired) electrons. The lowest BCUT2D eigenvalue weighted by Gasteiger charge is -2.03. The van der Waals surface area contributed by atoms with Gasteiger partial charge in [-0.2, -0.15) is 0 Å². The van der Waals surface area contributed by atoms with E-state index in [2.05, 4.69) is 4.74 Å². The van der Waals surface area contributed by atoms with E-state index in [1.165, 1.54) is 0 Å². The summed E-state index contributed by atoms with van der Waals surface area (Å²) in [7, 11) is 0. The van der Waals surface area contributed by atoms with Gasteiger partial charge in [0.2, 0.25) is 0 Å². The van der Waals surface area contributed by atoms with Crippen LogP contribution in [-0.2, 0) is 4.74 Å². The summed E-state index contributed by atoms with van der Waals surface area (Å²) in [6.07, 6.45) is 2.07. The normalized spacial score (nSPS) is 12.5. The van der Waals surface area contributed by atoms with Crippen molar-refractivity contribution in [1.29, 1.82) is 0 Å². The Kier molecular flexibility index (Phi) is 5.56. The number of nitrogens with two attached hydrogens (primary N) is 2. The number of hydrogen-bond donors (Lipinski definition) is 2. The summed E-state index contributed by atoms with van der Waals surface area (Å²) < 4.78 is 4.52. The van der Waals surface area contributed by atoms with Gasteiger partial charge in [0.05, 0.1) is 6.61 Å². The zero-order valence-electron chi connectivity index (χ0n) is 6.88. The van der Waals surface area contributed by atoms with Gasteiger partial charge in [0.15, 0.2) is 0 Å². The molecular weight excluding hydrogens is 144 g/mol. The SMILES string of the molecule is C[C@@H](N)CCCCOC(N)=O. The summed E-state index contributed by atoms with van der Waals surface area (Å²) in [6, 6.07) is 0.226.